The average Bonchev–Trinajstić information content (AvgIpc) is 3.29. The molecule has 1 aromatic heterocycles. The molecule has 28 heavy (non-hydrogen) atoms. The van der Waals surface area contributed by atoms with Crippen molar-refractivity contribution in [2.45, 2.75) is 32.4 Å². The summed E-state index contributed by atoms with van der Waals surface area (Å²) < 4.78 is 10.2. The van der Waals surface area contributed by atoms with Crippen LogP contribution in [0.3, 0.4) is 0 Å². The Hall–Kier alpha value is -3.42. The Labute approximate surface area is 161 Å². The quantitative estimate of drug-likeness (QED) is 0.550. The number of hydrogen-bond donors (Lipinski definition) is 1. The van der Waals surface area contributed by atoms with Crippen LogP contribution >= 0.6 is 0 Å². The summed E-state index contributed by atoms with van der Waals surface area (Å²) in [5, 5.41) is 2.61. The summed E-state index contributed by atoms with van der Waals surface area (Å²) in [5.41, 5.74) is 0.744. The molecule has 3 amide bonds. The number of hydrogen-bond acceptors (Lipinski definition) is 6. The second-order valence-corrected chi connectivity index (χ2v) is 6.34. The first-order chi connectivity index (χ1) is 13.5. The number of furan rings is 1. The lowest BCUT2D eigenvalue weighted by atomic mass is 10.1. The van der Waals surface area contributed by atoms with Gasteiger partial charge in [0.25, 0.3) is 17.7 Å². The van der Waals surface area contributed by atoms with Gasteiger partial charge in [0.15, 0.2) is 6.10 Å². The molecule has 0 aliphatic carbocycles. The first-order valence-electron chi connectivity index (χ1n) is 8.92. The summed E-state index contributed by atoms with van der Waals surface area (Å²) in [6.07, 6.45) is 0.787. The number of nitrogens with one attached hydrogen (secondary N) is 1. The van der Waals surface area contributed by atoms with Gasteiger partial charge in [0.2, 0.25) is 0 Å². The molecule has 1 aliphatic rings. The number of imide groups is 1. The fraction of sp³-hybridized carbons (Fsp3) is 0.300. The number of esters is 1. The Morgan fingerprint density at radius 1 is 1.11 bits per heavy atom. The molecule has 8 heteroatoms. The summed E-state index contributed by atoms with van der Waals surface area (Å²) in [6.45, 7) is 1.79. The van der Waals surface area contributed by atoms with Crippen LogP contribution < -0.4 is 5.32 Å². The second kappa shape index (κ2) is 8.51. The van der Waals surface area contributed by atoms with E-state index in [1.165, 1.54) is 13.2 Å². The minimum Gasteiger partial charge on any atom is -0.467 e. The van der Waals surface area contributed by atoms with Gasteiger partial charge in [-0.3, -0.25) is 24.1 Å². The molecule has 2 heterocycles. The van der Waals surface area contributed by atoms with Gasteiger partial charge in [-0.1, -0.05) is 12.1 Å². The SMILES string of the molecule is CC(OC(=O)CCCN1C(=O)c2ccccc2C1=O)C(=O)NCc1ccco1. The predicted octanol–water partition coefficient (Wildman–Crippen LogP) is 1.90. The van der Waals surface area contributed by atoms with E-state index in [4.69, 9.17) is 9.15 Å². The van der Waals surface area contributed by atoms with Crippen molar-refractivity contribution >= 4 is 23.7 Å². The fourth-order valence-corrected chi connectivity index (χ4v) is 2.86. The highest BCUT2D eigenvalue weighted by atomic mass is 16.5. The lowest BCUT2D eigenvalue weighted by Gasteiger charge is -2.15. The highest BCUT2D eigenvalue weighted by Gasteiger charge is 2.34. The van der Waals surface area contributed by atoms with Crippen LogP contribution in [0.4, 0.5) is 0 Å². The summed E-state index contributed by atoms with van der Waals surface area (Å²) in [4.78, 5) is 49.5. The van der Waals surface area contributed by atoms with E-state index in [0.717, 1.165) is 4.90 Å². The van der Waals surface area contributed by atoms with Gasteiger partial charge in [-0.25, -0.2) is 0 Å². The first-order valence-corrected chi connectivity index (χ1v) is 8.92. The number of benzene rings is 1. The van der Waals surface area contributed by atoms with Crippen LogP contribution in [0.5, 0.6) is 0 Å². The Morgan fingerprint density at radius 2 is 1.79 bits per heavy atom. The molecule has 1 aliphatic heterocycles. The Kier molecular flexibility index (Phi) is 5.88. The fourth-order valence-electron chi connectivity index (χ4n) is 2.86. The Morgan fingerprint density at radius 3 is 2.39 bits per heavy atom. The third-order valence-electron chi connectivity index (χ3n) is 4.34. The lowest BCUT2D eigenvalue weighted by Crippen LogP contribution is -2.35. The van der Waals surface area contributed by atoms with E-state index in [0.29, 0.717) is 16.9 Å². The predicted molar refractivity (Wildman–Crippen MR) is 97.2 cm³/mol. The largest absolute Gasteiger partial charge is 0.467 e. The molecule has 1 N–H and O–H groups in total. The molecule has 8 nitrogen and oxygen atoms in total. The number of amides is 3. The van der Waals surface area contributed by atoms with Gasteiger partial charge in [-0.05, 0) is 37.6 Å². The van der Waals surface area contributed by atoms with Crippen LogP contribution in [0.1, 0.15) is 46.2 Å². The van der Waals surface area contributed by atoms with Crippen LogP contribution in [0.2, 0.25) is 0 Å². The van der Waals surface area contributed by atoms with Crippen molar-refractivity contribution in [2.24, 2.45) is 0 Å². The van der Waals surface area contributed by atoms with E-state index < -0.39 is 18.0 Å². The minimum absolute atomic E-state index is 0.0107. The first kappa shape index (κ1) is 19.3. The zero-order chi connectivity index (χ0) is 20.1. The van der Waals surface area contributed by atoms with Gasteiger partial charge in [0.05, 0.1) is 23.9 Å². The molecule has 0 saturated heterocycles. The minimum atomic E-state index is -0.957. The van der Waals surface area contributed by atoms with Gasteiger partial charge in [0, 0.05) is 13.0 Å². The maximum absolute atomic E-state index is 12.2. The van der Waals surface area contributed by atoms with Crippen LogP contribution in [-0.2, 0) is 20.9 Å². The third-order valence-corrected chi connectivity index (χ3v) is 4.34. The molecule has 0 bridgehead atoms. The van der Waals surface area contributed by atoms with Gasteiger partial charge >= 0.3 is 5.97 Å². The summed E-state index contributed by atoms with van der Waals surface area (Å²) in [6, 6.07) is 10.0. The topological polar surface area (TPSA) is 106 Å². The number of nitrogens with zero attached hydrogens (tertiary/aromatic N) is 1. The molecule has 0 saturated carbocycles. The van der Waals surface area contributed by atoms with Crippen LogP contribution in [0, 0.1) is 0 Å². The zero-order valence-corrected chi connectivity index (χ0v) is 15.3. The van der Waals surface area contributed by atoms with E-state index in [9.17, 15) is 19.2 Å². The van der Waals surface area contributed by atoms with Gasteiger partial charge in [0.1, 0.15) is 5.76 Å². The van der Waals surface area contributed by atoms with Crippen LogP contribution in [-0.4, -0.2) is 41.2 Å². The smallest absolute Gasteiger partial charge is 0.306 e. The van der Waals surface area contributed by atoms with E-state index in [1.54, 1.807) is 36.4 Å². The molecule has 1 atom stereocenters. The summed E-state index contributed by atoms with van der Waals surface area (Å²) in [5.74, 6) is -1.14. The van der Waals surface area contributed by atoms with Crippen molar-refractivity contribution in [1.29, 1.82) is 0 Å². The Bertz CT molecular complexity index is 855. The summed E-state index contributed by atoms with van der Waals surface area (Å²) in [7, 11) is 0. The molecule has 3 rings (SSSR count). The van der Waals surface area contributed by atoms with Gasteiger partial charge in [-0.15, -0.1) is 0 Å². The number of ether oxygens (including phenoxy) is 1. The van der Waals surface area contributed by atoms with Crippen LogP contribution in [0.15, 0.2) is 47.1 Å². The number of carbonyl (C=O) groups is 4. The van der Waals surface area contributed by atoms with Crippen molar-refractivity contribution in [3.8, 4) is 0 Å². The normalized spacial score (nSPS) is 14.0. The monoisotopic (exact) mass is 384 g/mol. The molecule has 2 aromatic rings. The maximum Gasteiger partial charge on any atom is 0.306 e. The molecule has 1 unspecified atom stereocenters. The zero-order valence-electron chi connectivity index (χ0n) is 15.3. The standard InChI is InChI=1S/C20H20N2O6/c1-13(18(24)21-12-14-6-5-11-27-14)28-17(23)9-4-10-22-19(25)15-7-2-3-8-16(15)20(22)26/h2-3,5-8,11,13H,4,9-10,12H2,1H3,(H,21,24). The Balaban J connectivity index is 1.40. The molecule has 146 valence electrons. The molecule has 0 fully saturated rings. The van der Waals surface area contributed by atoms with Crippen molar-refractivity contribution in [2.75, 3.05) is 6.54 Å². The lowest BCUT2D eigenvalue weighted by molar-refractivity contribution is -0.155. The van der Waals surface area contributed by atoms with Gasteiger partial charge < -0.3 is 14.5 Å². The highest BCUT2D eigenvalue weighted by molar-refractivity contribution is 6.21. The molecule has 0 spiro atoms. The van der Waals surface area contributed by atoms with Crippen LogP contribution in [0.25, 0.3) is 0 Å². The average molecular weight is 384 g/mol. The molecular formula is C20H20N2O6. The van der Waals surface area contributed by atoms with Crippen molar-refractivity contribution in [3.05, 3.63) is 59.5 Å². The number of carbonyl (C=O) groups excluding carboxylic acids is 4. The maximum atomic E-state index is 12.2. The summed E-state index contributed by atoms with van der Waals surface area (Å²) >= 11 is 0. The molecule has 0 radical (unpaired) electrons. The van der Waals surface area contributed by atoms with E-state index in [2.05, 4.69) is 5.32 Å². The van der Waals surface area contributed by atoms with E-state index in [1.807, 2.05) is 0 Å². The van der Waals surface area contributed by atoms with Crippen molar-refractivity contribution < 1.29 is 28.3 Å². The number of fused-ring (bicyclic) bond motifs is 1. The highest BCUT2D eigenvalue weighted by Crippen LogP contribution is 2.22. The number of rotatable bonds is 8. The third kappa shape index (κ3) is 4.28. The van der Waals surface area contributed by atoms with Crippen molar-refractivity contribution in [1.82, 2.24) is 10.2 Å². The van der Waals surface area contributed by atoms with Gasteiger partial charge in [-0.2, -0.15) is 0 Å². The van der Waals surface area contributed by atoms with E-state index >= 15 is 0 Å². The van der Waals surface area contributed by atoms with Crippen molar-refractivity contribution in [3.63, 3.8) is 0 Å². The van der Waals surface area contributed by atoms with E-state index in [-0.39, 0.29) is 37.7 Å². The molecular weight excluding hydrogens is 364 g/mol. The second-order valence-electron chi connectivity index (χ2n) is 6.34. The molecule has 1 aromatic carbocycles.